The Morgan fingerprint density at radius 3 is 2.59 bits per heavy atom. The largest absolute Gasteiger partial charge is 0.370 e. The predicted octanol–water partition coefficient (Wildman–Crippen LogP) is 2.91. The number of guanidine groups is 1. The molecule has 3 nitrogen and oxygen atoms in total. The van der Waals surface area contributed by atoms with Crippen molar-refractivity contribution in [2.75, 3.05) is 13.1 Å². The SMILES string of the molecule is C=CCNC(N)=NCC(C)(C)C1CCCC1.I. The van der Waals surface area contributed by atoms with Crippen molar-refractivity contribution in [2.45, 2.75) is 39.5 Å². The fourth-order valence-corrected chi connectivity index (χ4v) is 2.36. The van der Waals surface area contributed by atoms with E-state index in [0.29, 0.717) is 12.5 Å². The van der Waals surface area contributed by atoms with Crippen LogP contribution in [0.2, 0.25) is 0 Å². The highest BCUT2D eigenvalue weighted by molar-refractivity contribution is 14.0. The molecule has 0 spiro atoms. The number of rotatable bonds is 5. The molecular weight excluding hydrogens is 325 g/mol. The van der Waals surface area contributed by atoms with Gasteiger partial charge in [-0.05, 0) is 24.2 Å². The van der Waals surface area contributed by atoms with Crippen LogP contribution in [0.25, 0.3) is 0 Å². The third kappa shape index (κ3) is 5.75. The molecule has 100 valence electrons. The quantitative estimate of drug-likeness (QED) is 0.346. The van der Waals surface area contributed by atoms with Gasteiger partial charge in [-0.1, -0.05) is 32.8 Å². The molecule has 0 aromatic carbocycles. The van der Waals surface area contributed by atoms with Crippen LogP contribution in [0.15, 0.2) is 17.6 Å². The van der Waals surface area contributed by atoms with E-state index in [1.165, 1.54) is 25.7 Å². The fraction of sp³-hybridized carbons (Fsp3) is 0.769. The Hall–Kier alpha value is -0.260. The highest BCUT2D eigenvalue weighted by Crippen LogP contribution is 2.39. The normalized spacial score (nSPS) is 17.6. The summed E-state index contributed by atoms with van der Waals surface area (Å²) in [4.78, 5) is 4.41. The first-order valence-electron chi connectivity index (χ1n) is 6.21. The second-order valence-corrected chi connectivity index (χ2v) is 5.34. The molecule has 0 radical (unpaired) electrons. The van der Waals surface area contributed by atoms with Crippen molar-refractivity contribution in [3.63, 3.8) is 0 Å². The van der Waals surface area contributed by atoms with Crippen molar-refractivity contribution in [1.82, 2.24) is 5.32 Å². The molecule has 0 aromatic heterocycles. The lowest BCUT2D eigenvalue weighted by Crippen LogP contribution is -2.34. The van der Waals surface area contributed by atoms with Gasteiger partial charge >= 0.3 is 0 Å². The standard InChI is InChI=1S/C13H25N3.HI/c1-4-9-15-12(14)16-10-13(2,3)11-7-5-6-8-11;/h4,11H,1,5-10H2,2-3H3,(H3,14,15,16);1H. The number of hydrogen-bond acceptors (Lipinski definition) is 1. The lowest BCUT2D eigenvalue weighted by atomic mass is 9.78. The molecule has 1 rings (SSSR count). The van der Waals surface area contributed by atoms with E-state index in [4.69, 9.17) is 5.73 Å². The van der Waals surface area contributed by atoms with Crippen LogP contribution in [0.1, 0.15) is 39.5 Å². The smallest absolute Gasteiger partial charge is 0.188 e. The van der Waals surface area contributed by atoms with Crippen molar-refractivity contribution in [3.8, 4) is 0 Å². The molecule has 17 heavy (non-hydrogen) atoms. The molecule has 1 aliphatic rings. The highest BCUT2D eigenvalue weighted by Gasteiger charge is 2.31. The molecule has 4 heteroatoms. The zero-order valence-corrected chi connectivity index (χ0v) is 13.4. The first kappa shape index (κ1) is 16.7. The maximum atomic E-state index is 5.76. The Kier molecular flexibility index (Phi) is 7.83. The average molecular weight is 351 g/mol. The number of halogens is 1. The van der Waals surface area contributed by atoms with Crippen LogP contribution in [0.3, 0.4) is 0 Å². The number of hydrogen-bond donors (Lipinski definition) is 2. The first-order valence-corrected chi connectivity index (χ1v) is 6.21. The van der Waals surface area contributed by atoms with Crippen molar-refractivity contribution < 1.29 is 0 Å². The van der Waals surface area contributed by atoms with Gasteiger partial charge in [0.25, 0.3) is 0 Å². The molecule has 1 fully saturated rings. The van der Waals surface area contributed by atoms with E-state index in [1.807, 2.05) is 0 Å². The summed E-state index contributed by atoms with van der Waals surface area (Å²) in [6.07, 6.45) is 7.24. The number of aliphatic imine (C=N–C) groups is 1. The molecule has 0 unspecified atom stereocenters. The van der Waals surface area contributed by atoms with Crippen LogP contribution >= 0.6 is 24.0 Å². The summed E-state index contributed by atoms with van der Waals surface area (Å²) in [6.45, 7) is 9.72. The van der Waals surface area contributed by atoms with Crippen LogP contribution in [0.4, 0.5) is 0 Å². The van der Waals surface area contributed by atoms with E-state index in [1.54, 1.807) is 6.08 Å². The van der Waals surface area contributed by atoms with Crippen LogP contribution in [-0.2, 0) is 0 Å². The van der Waals surface area contributed by atoms with E-state index in [-0.39, 0.29) is 29.4 Å². The van der Waals surface area contributed by atoms with Crippen molar-refractivity contribution in [1.29, 1.82) is 0 Å². The van der Waals surface area contributed by atoms with Gasteiger partial charge in [-0.3, -0.25) is 4.99 Å². The van der Waals surface area contributed by atoms with Crippen molar-refractivity contribution in [2.24, 2.45) is 22.1 Å². The van der Waals surface area contributed by atoms with Crippen LogP contribution in [0.5, 0.6) is 0 Å². The van der Waals surface area contributed by atoms with Crippen molar-refractivity contribution in [3.05, 3.63) is 12.7 Å². The number of nitrogens with two attached hydrogens (primary N) is 1. The maximum absolute atomic E-state index is 5.76. The van der Waals surface area contributed by atoms with E-state index in [0.717, 1.165) is 12.5 Å². The minimum atomic E-state index is 0. The van der Waals surface area contributed by atoms with Crippen molar-refractivity contribution >= 4 is 29.9 Å². The minimum absolute atomic E-state index is 0. The molecule has 0 atom stereocenters. The molecule has 0 bridgehead atoms. The molecule has 0 saturated heterocycles. The van der Waals surface area contributed by atoms with Gasteiger partial charge in [0.15, 0.2) is 5.96 Å². The summed E-state index contributed by atoms with van der Waals surface area (Å²) in [5.74, 6) is 1.34. The van der Waals surface area contributed by atoms with Gasteiger partial charge in [-0.15, -0.1) is 30.6 Å². The van der Waals surface area contributed by atoms with Crippen LogP contribution in [0, 0.1) is 11.3 Å². The summed E-state index contributed by atoms with van der Waals surface area (Å²) in [6, 6.07) is 0. The molecule has 0 aliphatic heterocycles. The third-order valence-electron chi connectivity index (χ3n) is 3.54. The zero-order valence-electron chi connectivity index (χ0n) is 11.0. The molecule has 0 heterocycles. The lowest BCUT2D eigenvalue weighted by Gasteiger charge is -2.29. The van der Waals surface area contributed by atoms with E-state index >= 15 is 0 Å². The maximum Gasteiger partial charge on any atom is 0.188 e. The summed E-state index contributed by atoms with van der Waals surface area (Å²) in [5.41, 5.74) is 6.03. The Morgan fingerprint density at radius 2 is 2.06 bits per heavy atom. The van der Waals surface area contributed by atoms with Gasteiger partial charge in [-0.2, -0.15) is 0 Å². The topological polar surface area (TPSA) is 50.4 Å². The van der Waals surface area contributed by atoms with Gasteiger partial charge in [-0.25, -0.2) is 0 Å². The monoisotopic (exact) mass is 351 g/mol. The van der Waals surface area contributed by atoms with Gasteiger partial charge in [0.2, 0.25) is 0 Å². The minimum Gasteiger partial charge on any atom is -0.370 e. The molecule has 1 aliphatic carbocycles. The molecule has 1 saturated carbocycles. The Balaban J connectivity index is 0.00000256. The van der Waals surface area contributed by atoms with Crippen LogP contribution in [-0.4, -0.2) is 19.0 Å². The van der Waals surface area contributed by atoms with Gasteiger partial charge in [0, 0.05) is 13.1 Å². The molecular formula is C13H26IN3. The summed E-state index contributed by atoms with van der Waals surface area (Å²) in [5, 5.41) is 3.01. The molecule has 0 amide bonds. The third-order valence-corrected chi connectivity index (χ3v) is 3.54. The average Bonchev–Trinajstić information content (AvgIpc) is 2.77. The number of nitrogens with zero attached hydrogens (tertiary/aromatic N) is 1. The van der Waals surface area contributed by atoms with E-state index < -0.39 is 0 Å². The van der Waals surface area contributed by atoms with Gasteiger partial charge in [0.1, 0.15) is 0 Å². The zero-order chi connectivity index (χ0) is 12.0. The second-order valence-electron chi connectivity index (χ2n) is 5.34. The van der Waals surface area contributed by atoms with Gasteiger partial charge in [0.05, 0.1) is 0 Å². The second kappa shape index (κ2) is 7.95. The molecule has 0 aromatic rings. The first-order chi connectivity index (χ1) is 7.56. The predicted molar refractivity (Wildman–Crippen MR) is 85.8 cm³/mol. The lowest BCUT2D eigenvalue weighted by molar-refractivity contribution is 0.228. The Labute approximate surface area is 122 Å². The number of nitrogens with one attached hydrogen (secondary N) is 1. The Bertz CT molecular complexity index is 255. The van der Waals surface area contributed by atoms with Gasteiger partial charge < -0.3 is 11.1 Å². The van der Waals surface area contributed by atoms with E-state index in [2.05, 4.69) is 30.7 Å². The van der Waals surface area contributed by atoms with E-state index in [9.17, 15) is 0 Å². The summed E-state index contributed by atoms with van der Waals surface area (Å²) in [7, 11) is 0. The van der Waals surface area contributed by atoms with Crippen LogP contribution < -0.4 is 11.1 Å². The highest BCUT2D eigenvalue weighted by atomic mass is 127. The summed E-state index contributed by atoms with van der Waals surface area (Å²) >= 11 is 0. The summed E-state index contributed by atoms with van der Waals surface area (Å²) < 4.78 is 0. The fourth-order valence-electron chi connectivity index (χ4n) is 2.36. The molecule has 3 N–H and O–H groups in total. The Morgan fingerprint density at radius 1 is 1.47 bits per heavy atom.